The molecule has 0 saturated heterocycles. The van der Waals surface area contributed by atoms with E-state index in [1.807, 2.05) is 36.4 Å². The number of hydrogen-bond donors (Lipinski definition) is 0. The van der Waals surface area contributed by atoms with Crippen molar-refractivity contribution in [3.05, 3.63) is 61.2 Å². The maximum absolute atomic E-state index is 5.27. The molecule has 1 aliphatic heterocycles. The van der Waals surface area contributed by atoms with E-state index in [9.17, 15) is 0 Å². The number of hydrogen-bond acceptors (Lipinski definition) is 2. The van der Waals surface area contributed by atoms with Crippen molar-refractivity contribution in [3.63, 3.8) is 0 Å². The van der Waals surface area contributed by atoms with Crippen LogP contribution in [0.15, 0.2) is 60.8 Å². The van der Waals surface area contributed by atoms with Crippen LogP contribution in [-0.4, -0.2) is 11.8 Å². The van der Waals surface area contributed by atoms with Crippen molar-refractivity contribution >= 4 is 5.71 Å². The Morgan fingerprint density at radius 1 is 1.13 bits per heavy atom. The lowest BCUT2D eigenvalue weighted by molar-refractivity contribution is 0.106. The lowest BCUT2D eigenvalue weighted by Gasteiger charge is -2.10. The lowest BCUT2D eigenvalue weighted by atomic mass is 9.93. The average molecular weight is 199 g/mol. The van der Waals surface area contributed by atoms with E-state index >= 15 is 0 Å². The van der Waals surface area contributed by atoms with Crippen LogP contribution < -0.4 is 0 Å². The molecule has 0 aliphatic carbocycles. The highest BCUT2D eigenvalue weighted by Gasteiger charge is 2.30. The van der Waals surface area contributed by atoms with E-state index in [2.05, 4.69) is 18.3 Å². The Morgan fingerprint density at radius 3 is 2.47 bits per heavy atom. The molecule has 0 spiro atoms. The summed E-state index contributed by atoms with van der Waals surface area (Å²) in [4.78, 5) is 5.27. The molecular formula is C13H13NO. The average Bonchev–Trinajstić information content (AvgIpc) is 2.72. The first-order chi connectivity index (χ1) is 7.36. The zero-order valence-electron chi connectivity index (χ0n) is 8.47. The van der Waals surface area contributed by atoms with Gasteiger partial charge in [0, 0.05) is 5.56 Å². The predicted molar refractivity (Wildman–Crippen MR) is 61.7 cm³/mol. The molecule has 1 heterocycles. The monoisotopic (exact) mass is 199 g/mol. The fourth-order valence-corrected chi connectivity index (χ4v) is 1.69. The molecule has 0 saturated carbocycles. The van der Waals surface area contributed by atoms with Crippen molar-refractivity contribution in [1.29, 1.82) is 0 Å². The summed E-state index contributed by atoms with van der Waals surface area (Å²) in [5.74, 6) is 0.102. The molecule has 1 aromatic rings. The largest absolute Gasteiger partial charge is 0.387 e. The van der Waals surface area contributed by atoms with E-state index in [1.54, 1.807) is 6.08 Å². The zero-order valence-corrected chi connectivity index (χ0v) is 8.47. The van der Waals surface area contributed by atoms with E-state index in [-0.39, 0.29) is 12.0 Å². The fraction of sp³-hybridized carbons (Fsp3) is 0.154. The van der Waals surface area contributed by atoms with Crippen molar-refractivity contribution in [2.75, 3.05) is 0 Å². The quantitative estimate of drug-likeness (QED) is 0.686. The van der Waals surface area contributed by atoms with Gasteiger partial charge in [-0.05, 0) is 6.08 Å². The van der Waals surface area contributed by atoms with Gasteiger partial charge < -0.3 is 4.84 Å². The fourth-order valence-electron chi connectivity index (χ4n) is 1.69. The van der Waals surface area contributed by atoms with Crippen LogP contribution in [0.2, 0.25) is 0 Å². The Labute approximate surface area is 89.6 Å². The van der Waals surface area contributed by atoms with Gasteiger partial charge in [-0.2, -0.15) is 0 Å². The Kier molecular flexibility index (Phi) is 2.68. The molecule has 1 aliphatic rings. The second-order valence-electron chi connectivity index (χ2n) is 3.41. The van der Waals surface area contributed by atoms with Crippen LogP contribution in [-0.2, 0) is 4.84 Å². The van der Waals surface area contributed by atoms with Gasteiger partial charge in [0.2, 0.25) is 0 Å². The molecule has 2 atom stereocenters. The maximum atomic E-state index is 5.27. The Bertz CT molecular complexity index is 394. The van der Waals surface area contributed by atoms with Crippen LogP contribution in [0.4, 0.5) is 0 Å². The van der Waals surface area contributed by atoms with Gasteiger partial charge in [0.15, 0.2) is 6.10 Å². The summed E-state index contributed by atoms with van der Waals surface area (Å²) in [7, 11) is 0. The molecule has 2 rings (SSSR count). The summed E-state index contributed by atoms with van der Waals surface area (Å²) in [6, 6.07) is 9.99. The molecule has 0 unspecified atom stereocenters. The van der Waals surface area contributed by atoms with Crippen molar-refractivity contribution in [2.45, 2.75) is 6.10 Å². The molecule has 2 heteroatoms. The molecule has 76 valence electrons. The van der Waals surface area contributed by atoms with E-state index in [0.29, 0.717) is 0 Å². The van der Waals surface area contributed by atoms with Crippen molar-refractivity contribution in [1.82, 2.24) is 0 Å². The van der Waals surface area contributed by atoms with Gasteiger partial charge in [-0.3, -0.25) is 0 Å². The van der Waals surface area contributed by atoms with E-state index < -0.39 is 0 Å². The second-order valence-corrected chi connectivity index (χ2v) is 3.41. The van der Waals surface area contributed by atoms with Gasteiger partial charge in [0.05, 0.1) is 11.6 Å². The third kappa shape index (κ3) is 1.71. The molecule has 0 N–H and O–H groups in total. The first-order valence-electron chi connectivity index (χ1n) is 4.91. The van der Waals surface area contributed by atoms with Gasteiger partial charge in [-0.15, -0.1) is 6.58 Å². The third-order valence-corrected chi connectivity index (χ3v) is 2.50. The molecule has 0 bridgehead atoms. The van der Waals surface area contributed by atoms with Gasteiger partial charge in [-0.1, -0.05) is 48.1 Å². The van der Waals surface area contributed by atoms with Crippen molar-refractivity contribution in [2.24, 2.45) is 11.1 Å². The van der Waals surface area contributed by atoms with Crippen molar-refractivity contribution < 1.29 is 4.84 Å². The van der Waals surface area contributed by atoms with E-state index in [1.165, 1.54) is 0 Å². The normalized spacial score (nSPS) is 24.1. The molecule has 1 aromatic carbocycles. The minimum absolute atomic E-state index is 0.0855. The zero-order chi connectivity index (χ0) is 10.7. The number of oxime groups is 1. The van der Waals surface area contributed by atoms with Crippen LogP contribution >= 0.6 is 0 Å². The molecule has 0 radical (unpaired) electrons. The second kappa shape index (κ2) is 4.13. The standard InChI is InChI=1S/C13H13NO/c1-3-11-12(4-2)15-14-13(11)10-8-6-5-7-9-10/h3-9,11-12H,1-2H2/t11-,12+/m0/s1. The molecule has 15 heavy (non-hydrogen) atoms. The SMILES string of the molecule is C=C[C@@H]1C(c2ccccc2)=NO[C@@H]1C=C. The Morgan fingerprint density at radius 2 is 1.87 bits per heavy atom. The van der Waals surface area contributed by atoms with Gasteiger partial charge >= 0.3 is 0 Å². The van der Waals surface area contributed by atoms with E-state index in [4.69, 9.17) is 4.84 Å². The van der Waals surface area contributed by atoms with Gasteiger partial charge in [-0.25, -0.2) is 0 Å². The molecule has 0 fully saturated rings. The Hall–Kier alpha value is -1.83. The molecular weight excluding hydrogens is 186 g/mol. The number of benzene rings is 1. The number of nitrogens with zero attached hydrogens (tertiary/aromatic N) is 1. The summed E-state index contributed by atoms with van der Waals surface area (Å²) in [5.41, 5.74) is 2.00. The minimum Gasteiger partial charge on any atom is -0.387 e. The van der Waals surface area contributed by atoms with Crippen LogP contribution in [0.5, 0.6) is 0 Å². The Balaban J connectivity index is 2.31. The van der Waals surface area contributed by atoms with Crippen LogP contribution in [0.3, 0.4) is 0 Å². The summed E-state index contributed by atoms with van der Waals surface area (Å²) in [6.45, 7) is 7.53. The van der Waals surface area contributed by atoms with Crippen LogP contribution in [0.25, 0.3) is 0 Å². The number of rotatable bonds is 3. The summed E-state index contributed by atoms with van der Waals surface area (Å²) in [5, 5.41) is 4.08. The minimum atomic E-state index is -0.0855. The maximum Gasteiger partial charge on any atom is 0.157 e. The highest BCUT2D eigenvalue weighted by molar-refractivity contribution is 6.04. The summed E-state index contributed by atoms with van der Waals surface area (Å²) < 4.78 is 0. The third-order valence-electron chi connectivity index (χ3n) is 2.50. The highest BCUT2D eigenvalue weighted by Crippen LogP contribution is 2.24. The van der Waals surface area contributed by atoms with E-state index in [0.717, 1.165) is 11.3 Å². The summed E-state index contributed by atoms with van der Waals surface area (Å²) >= 11 is 0. The molecule has 2 nitrogen and oxygen atoms in total. The molecule has 0 aromatic heterocycles. The lowest BCUT2D eigenvalue weighted by Crippen LogP contribution is -2.19. The van der Waals surface area contributed by atoms with Crippen molar-refractivity contribution in [3.8, 4) is 0 Å². The topological polar surface area (TPSA) is 21.6 Å². The van der Waals surface area contributed by atoms with Crippen LogP contribution in [0.1, 0.15) is 5.56 Å². The summed E-state index contributed by atoms with van der Waals surface area (Å²) in [6.07, 6.45) is 3.52. The smallest absolute Gasteiger partial charge is 0.157 e. The highest BCUT2D eigenvalue weighted by atomic mass is 16.6. The van der Waals surface area contributed by atoms with Gasteiger partial charge in [0.25, 0.3) is 0 Å². The first-order valence-corrected chi connectivity index (χ1v) is 4.91. The van der Waals surface area contributed by atoms with Crippen LogP contribution in [0, 0.1) is 5.92 Å². The van der Waals surface area contributed by atoms with Gasteiger partial charge in [0.1, 0.15) is 0 Å². The first kappa shape index (κ1) is 9.71. The predicted octanol–water partition coefficient (Wildman–Crippen LogP) is 2.78. The molecule has 0 amide bonds.